The van der Waals surface area contributed by atoms with Crippen LogP contribution in [0.15, 0.2) is 22.7 Å². The third kappa shape index (κ3) is 5.05. The summed E-state index contributed by atoms with van der Waals surface area (Å²) in [5.74, 6) is 0.696. The molecule has 0 fully saturated rings. The van der Waals surface area contributed by atoms with E-state index in [1.807, 2.05) is 18.2 Å². The minimum atomic E-state index is 0. The van der Waals surface area contributed by atoms with E-state index in [1.54, 1.807) is 0 Å². The van der Waals surface area contributed by atoms with E-state index in [9.17, 15) is 0 Å². The monoisotopic (exact) mass is 325 g/mol. The first-order valence-electron chi connectivity index (χ1n) is 5.21. The molecule has 2 N–H and O–H groups in total. The second-order valence-electron chi connectivity index (χ2n) is 4.24. The Morgan fingerprint density at radius 3 is 2.44 bits per heavy atom. The van der Waals surface area contributed by atoms with Crippen molar-refractivity contribution in [2.24, 2.45) is 11.7 Å². The molecule has 1 aromatic carbocycles. The Morgan fingerprint density at radius 1 is 1.31 bits per heavy atom. The maximum atomic E-state index is 6.12. The summed E-state index contributed by atoms with van der Waals surface area (Å²) in [7, 11) is 0. The highest BCUT2D eigenvalue weighted by Gasteiger charge is 2.10. The minimum absolute atomic E-state index is 0. The minimum Gasteiger partial charge on any atom is -0.324 e. The van der Waals surface area contributed by atoms with Gasteiger partial charge in [-0.05, 0) is 36.5 Å². The summed E-state index contributed by atoms with van der Waals surface area (Å²) in [5, 5.41) is 0.738. The number of hydrogen-bond donors (Lipinski definition) is 1. The molecule has 0 saturated heterocycles. The molecule has 4 heteroatoms. The Bertz CT molecular complexity index is 329. The summed E-state index contributed by atoms with van der Waals surface area (Å²) in [4.78, 5) is 0. The number of hydrogen-bond acceptors (Lipinski definition) is 1. The number of rotatable bonds is 4. The van der Waals surface area contributed by atoms with Crippen LogP contribution in [0.25, 0.3) is 0 Å². The van der Waals surface area contributed by atoms with Crippen molar-refractivity contribution in [3.63, 3.8) is 0 Å². The Hall–Kier alpha value is 0.240. The van der Waals surface area contributed by atoms with Crippen LogP contribution in [0, 0.1) is 5.92 Å². The van der Waals surface area contributed by atoms with Gasteiger partial charge in [-0.15, -0.1) is 12.4 Å². The first kappa shape index (κ1) is 16.2. The summed E-state index contributed by atoms with van der Waals surface area (Å²) in [5.41, 5.74) is 7.26. The van der Waals surface area contributed by atoms with Crippen LogP contribution in [0.5, 0.6) is 0 Å². The van der Waals surface area contributed by atoms with Crippen molar-refractivity contribution in [3.8, 4) is 0 Å². The molecular weight excluding hydrogens is 309 g/mol. The summed E-state index contributed by atoms with van der Waals surface area (Å²) in [6, 6.07) is 5.87. The van der Waals surface area contributed by atoms with E-state index in [1.165, 1.54) is 0 Å². The molecule has 0 amide bonds. The molecule has 0 heterocycles. The highest BCUT2D eigenvalue weighted by Crippen LogP contribution is 2.28. The maximum Gasteiger partial charge on any atom is 0.0417 e. The first-order valence-corrected chi connectivity index (χ1v) is 6.38. The molecule has 1 rings (SSSR count). The van der Waals surface area contributed by atoms with Crippen molar-refractivity contribution in [1.29, 1.82) is 0 Å². The van der Waals surface area contributed by atoms with Gasteiger partial charge < -0.3 is 5.73 Å². The SMILES string of the molecule is CC(C)CC[C@H](N)c1ccc(Cl)cc1Br.Cl. The fourth-order valence-electron chi connectivity index (χ4n) is 1.47. The quantitative estimate of drug-likeness (QED) is 0.831. The summed E-state index contributed by atoms with van der Waals surface area (Å²) >= 11 is 9.37. The highest BCUT2D eigenvalue weighted by atomic mass is 79.9. The zero-order valence-electron chi connectivity index (χ0n) is 9.54. The molecule has 0 saturated carbocycles. The van der Waals surface area contributed by atoms with Gasteiger partial charge in [-0.3, -0.25) is 0 Å². The molecule has 0 bridgehead atoms. The molecule has 1 aromatic rings. The van der Waals surface area contributed by atoms with E-state index in [0.29, 0.717) is 5.92 Å². The normalized spacial score (nSPS) is 12.4. The molecule has 0 aromatic heterocycles. The van der Waals surface area contributed by atoms with E-state index in [4.69, 9.17) is 17.3 Å². The number of halogens is 3. The fourth-order valence-corrected chi connectivity index (χ4v) is 2.45. The zero-order valence-corrected chi connectivity index (χ0v) is 12.7. The lowest BCUT2D eigenvalue weighted by atomic mass is 9.98. The zero-order chi connectivity index (χ0) is 11.4. The summed E-state index contributed by atoms with van der Waals surface area (Å²) in [6.45, 7) is 4.42. The number of nitrogens with two attached hydrogens (primary N) is 1. The second kappa shape index (κ2) is 7.54. The topological polar surface area (TPSA) is 26.0 Å². The standard InChI is InChI=1S/C12H17BrClN.ClH/c1-8(2)3-6-12(15)10-5-4-9(14)7-11(10)13;/h4-5,7-8,12H,3,6,15H2,1-2H3;1H/t12-;/m0./s1. The van der Waals surface area contributed by atoms with Gasteiger partial charge in [-0.2, -0.15) is 0 Å². The van der Waals surface area contributed by atoms with Gasteiger partial charge in [0.1, 0.15) is 0 Å². The lowest BCUT2D eigenvalue weighted by Crippen LogP contribution is -2.11. The van der Waals surface area contributed by atoms with Crippen molar-refractivity contribution in [3.05, 3.63) is 33.3 Å². The van der Waals surface area contributed by atoms with Gasteiger partial charge in [-0.1, -0.05) is 47.4 Å². The Labute approximate surface area is 117 Å². The van der Waals surface area contributed by atoms with Gasteiger partial charge in [-0.25, -0.2) is 0 Å². The van der Waals surface area contributed by atoms with E-state index < -0.39 is 0 Å². The highest BCUT2D eigenvalue weighted by molar-refractivity contribution is 9.10. The van der Waals surface area contributed by atoms with E-state index in [-0.39, 0.29) is 18.4 Å². The first-order chi connectivity index (χ1) is 7.00. The Morgan fingerprint density at radius 2 is 1.94 bits per heavy atom. The van der Waals surface area contributed by atoms with Crippen molar-refractivity contribution in [1.82, 2.24) is 0 Å². The third-order valence-electron chi connectivity index (χ3n) is 2.42. The van der Waals surface area contributed by atoms with Crippen molar-refractivity contribution >= 4 is 39.9 Å². The molecule has 16 heavy (non-hydrogen) atoms. The van der Waals surface area contributed by atoms with Crippen LogP contribution in [-0.4, -0.2) is 0 Å². The lowest BCUT2D eigenvalue weighted by molar-refractivity contribution is 0.506. The van der Waals surface area contributed by atoms with Crippen LogP contribution >= 0.6 is 39.9 Å². The van der Waals surface area contributed by atoms with Crippen molar-refractivity contribution in [2.75, 3.05) is 0 Å². The van der Waals surface area contributed by atoms with Gasteiger partial charge >= 0.3 is 0 Å². The molecule has 0 unspecified atom stereocenters. The second-order valence-corrected chi connectivity index (χ2v) is 5.53. The van der Waals surface area contributed by atoms with Gasteiger partial charge in [0.2, 0.25) is 0 Å². The average Bonchev–Trinajstić information content (AvgIpc) is 2.14. The molecular formula is C12H18BrCl2N. The summed E-state index contributed by atoms with van der Waals surface area (Å²) in [6.07, 6.45) is 2.16. The Balaban J connectivity index is 0.00000225. The fraction of sp³-hybridized carbons (Fsp3) is 0.500. The van der Waals surface area contributed by atoms with Gasteiger partial charge in [0, 0.05) is 15.5 Å². The van der Waals surface area contributed by atoms with Crippen molar-refractivity contribution < 1.29 is 0 Å². The molecule has 0 aliphatic rings. The molecule has 0 spiro atoms. The smallest absolute Gasteiger partial charge is 0.0417 e. The van der Waals surface area contributed by atoms with Crippen LogP contribution in [-0.2, 0) is 0 Å². The lowest BCUT2D eigenvalue weighted by Gasteiger charge is -2.15. The summed E-state index contributed by atoms with van der Waals surface area (Å²) < 4.78 is 1.01. The molecule has 92 valence electrons. The van der Waals surface area contributed by atoms with Crippen LogP contribution in [0.3, 0.4) is 0 Å². The van der Waals surface area contributed by atoms with Crippen LogP contribution < -0.4 is 5.73 Å². The predicted octanol–water partition coefficient (Wildman–Crippen LogP) is 4.96. The maximum absolute atomic E-state index is 6.12. The Kier molecular flexibility index (Phi) is 7.66. The van der Waals surface area contributed by atoms with Crippen molar-refractivity contribution in [2.45, 2.75) is 32.7 Å². The van der Waals surface area contributed by atoms with Crippen LogP contribution in [0.4, 0.5) is 0 Å². The largest absolute Gasteiger partial charge is 0.324 e. The predicted molar refractivity (Wildman–Crippen MR) is 77.4 cm³/mol. The van der Waals surface area contributed by atoms with E-state index in [0.717, 1.165) is 27.9 Å². The molecule has 1 atom stereocenters. The number of benzene rings is 1. The molecule has 0 radical (unpaired) electrons. The average molecular weight is 327 g/mol. The van der Waals surface area contributed by atoms with Gasteiger partial charge in [0.15, 0.2) is 0 Å². The van der Waals surface area contributed by atoms with Gasteiger partial charge in [0.05, 0.1) is 0 Å². The van der Waals surface area contributed by atoms with E-state index >= 15 is 0 Å². The van der Waals surface area contributed by atoms with Crippen LogP contribution in [0.1, 0.15) is 38.3 Å². The molecule has 1 nitrogen and oxygen atoms in total. The third-order valence-corrected chi connectivity index (χ3v) is 3.34. The van der Waals surface area contributed by atoms with Gasteiger partial charge in [0.25, 0.3) is 0 Å². The molecule has 0 aliphatic heterocycles. The van der Waals surface area contributed by atoms with E-state index in [2.05, 4.69) is 29.8 Å². The molecule has 0 aliphatic carbocycles. The van der Waals surface area contributed by atoms with Crippen LogP contribution in [0.2, 0.25) is 5.02 Å².